The van der Waals surface area contributed by atoms with E-state index in [4.69, 9.17) is 0 Å². The van der Waals surface area contributed by atoms with Gasteiger partial charge >= 0.3 is 0 Å². The largest absolute Gasteiger partial charge is 0.227 e. The van der Waals surface area contributed by atoms with Gasteiger partial charge < -0.3 is 0 Å². The monoisotopic (exact) mass is 273 g/mol. The zero-order chi connectivity index (χ0) is 14.3. The molecule has 3 aromatic rings. The standard InChI is InChI=1S/C15H13F2N3/c1-9(2)13-3-4-15-18-14(8-20(15)19-13)10-5-11(16)7-12(17)6-10/h3-9H,1-2H3. The Labute approximate surface area is 114 Å². The molecule has 0 spiro atoms. The Bertz CT molecular complexity index is 758. The summed E-state index contributed by atoms with van der Waals surface area (Å²) in [6.07, 6.45) is 1.68. The number of nitrogens with zero attached hydrogens (tertiary/aromatic N) is 3. The van der Waals surface area contributed by atoms with E-state index in [1.165, 1.54) is 12.1 Å². The van der Waals surface area contributed by atoms with Crippen molar-refractivity contribution in [2.45, 2.75) is 19.8 Å². The minimum atomic E-state index is -0.618. The molecule has 0 aliphatic rings. The fourth-order valence-corrected chi connectivity index (χ4v) is 2.05. The van der Waals surface area contributed by atoms with Crippen molar-refractivity contribution >= 4 is 5.65 Å². The molecule has 0 saturated heterocycles. The van der Waals surface area contributed by atoms with Gasteiger partial charge in [0.25, 0.3) is 0 Å². The van der Waals surface area contributed by atoms with E-state index in [1.807, 2.05) is 26.0 Å². The first-order valence-corrected chi connectivity index (χ1v) is 6.36. The topological polar surface area (TPSA) is 30.2 Å². The number of aromatic nitrogens is 3. The molecule has 1 aromatic carbocycles. The Morgan fingerprint density at radius 2 is 1.75 bits per heavy atom. The molecule has 0 fully saturated rings. The summed E-state index contributed by atoms with van der Waals surface area (Å²) in [6.45, 7) is 4.10. The number of benzene rings is 1. The summed E-state index contributed by atoms with van der Waals surface area (Å²) in [6, 6.07) is 7.11. The van der Waals surface area contributed by atoms with Crippen molar-refractivity contribution in [3.63, 3.8) is 0 Å². The Hall–Kier alpha value is -2.30. The van der Waals surface area contributed by atoms with E-state index in [-0.39, 0.29) is 0 Å². The molecule has 3 nitrogen and oxygen atoms in total. The summed E-state index contributed by atoms with van der Waals surface area (Å²) in [4.78, 5) is 4.33. The van der Waals surface area contributed by atoms with Gasteiger partial charge in [0.1, 0.15) is 11.6 Å². The van der Waals surface area contributed by atoms with Crippen LogP contribution in [0.4, 0.5) is 8.78 Å². The van der Waals surface area contributed by atoms with Gasteiger partial charge in [-0.05, 0) is 30.2 Å². The van der Waals surface area contributed by atoms with Gasteiger partial charge in [-0.1, -0.05) is 13.8 Å². The third kappa shape index (κ3) is 2.27. The molecule has 0 atom stereocenters. The van der Waals surface area contributed by atoms with Gasteiger partial charge in [0.2, 0.25) is 0 Å². The highest BCUT2D eigenvalue weighted by Crippen LogP contribution is 2.22. The van der Waals surface area contributed by atoms with E-state index in [0.717, 1.165) is 11.8 Å². The van der Waals surface area contributed by atoms with Crippen LogP contribution < -0.4 is 0 Å². The van der Waals surface area contributed by atoms with Crippen LogP contribution in [0.1, 0.15) is 25.5 Å². The number of imidazole rings is 1. The van der Waals surface area contributed by atoms with Crippen LogP contribution in [0.15, 0.2) is 36.5 Å². The van der Waals surface area contributed by atoms with Crippen molar-refractivity contribution in [3.8, 4) is 11.3 Å². The van der Waals surface area contributed by atoms with Gasteiger partial charge in [0, 0.05) is 11.6 Å². The van der Waals surface area contributed by atoms with E-state index in [1.54, 1.807) is 10.7 Å². The molecule has 0 N–H and O–H groups in total. The van der Waals surface area contributed by atoms with E-state index in [9.17, 15) is 8.78 Å². The molecule has 0 aliphatic heterocycles. The van der Waals surface area contributed by atoms with Crippen LogP contribution in [-0.2, 0) is 0 Å². The quantitative estimate of drug-likeness (QED) is 0.711. The lowest BCUT2D eigenvalue weighted by molar-refractivity contribution is 0.584. The summed E-state index contributed by atoms with van der Waals surface area (Å²) in [5, 5.41) is 4.43. The SMILES string of the molecule is CC(C)c1ccc2nc(-c3cc(F)cc(F)c3)cn2n1. The summed E-state index contributed by atoms with van der Waals surface area (Å²) in [5.74, 6) is -0.933. The average Bonchev–Trinajstić information content (AvgIpc) is 2.80. The summed E-state index contributed by atoms with van der Waals surface area (Å²) >= 11 is 0. The third-order valence-corrected chi connectivity index (χ3v) is 3.09. The second kappa shape index (κ2) is 4.67. The Kier molecular flexibility index (Phi) is 2.97. The van der Waals surface area contributed by atoms with Crippen LogP contribution in [0.25, 0.3) is 16.9 Å². The zero-order valence-electron chi connectivity index (χ0n) is 11.1. The van der Waals surface area contributed by atoms with Crippen molar-refractivity contribution in [1.29, 1.82) is 0 Å². The molecule has 0 aliphatic carbocycles. The van der Waals surface area contributed by atoms with Crippen molar-refractivity contribution in [2.24, 2.45) is 0 Å². The number of hydrogen-bond donors (Lipinski definition) is 0. The van der Waals surface area contributed by atoms with Gasteiger partial charge in [0.15, 0.2) is 5.65 Å². The molecular weight excluding hydrogens is 260 g/mol. The van der Waals surface area contributed by atoms with Crippen molar-refractivity contribution in [2.75, 3.05) is 0 Å². The lowest BCUT2D eigenvalue weighted by Gasteiger charge is -2.02. The first kappa shape index (κ1) is 12.7. The summed E-state index contributed by atoms with van der Waals surface area (Å²) in [7, 11) is 0. The molecule has 0 amide bonds. The predicted molar refractivity (Wildman–Crippen MR) is 72.4 cm³/mol. The normalized spacial score (nSPS) is 11.4. The summed E-state index contributed by atoms with van der Waals surface area (Å²) in [5.41, 5.74) is 2.48. The van der Waals surface area contributed by atoms with E-state index in [2.05, 4.69) is 10.1 Å². The Morgan fingerprint density at radius 3 is 2.40 bits per heavy atom. The molecule has 0 radical (unpaired) electrons. The molecule has 5 heteroatoms. The van der Waals surface area contributed by atoms with E-state index >= 15 is 0 Å². The van der Waals surface area contributed by atoms with Crippen LogP contribution in [0, 0.1) is 11.6 Å². The second-order valence-electron chi connectivity index (χ2n) is 5.00. The van der Waals surface area contributed by atoms with Gasteiger partial charge in [-0.25, -0.2) is 18.3 Å². The van der Waals surface area contributed by atoms with Crippen LogP contribution in [-0.4, -0.2) is 14.6 Å². The van der Waals surface area contributed by atoms with Gasteiger partial charge in [-0.2, -0.15) is 5.10 Å². The summed E-state index contributed by atoms with van der Waals surface area (Å²) < 4.78 is 28.1. The molecule has 2 aromatic heterocycles. The molecule has 0 bridgehead atoms. The van der Waals surface area contributed by atoms with E-state index in [0.29, 0.717) is 22.8 Å². The van der Waals surface area contributed by atoms with Crippen molar-refractivity contribution in [1.82, 2.24) is 14.6 Å². The molecule has 2 heterocycles. The minimum absolute atomic E-state index is 0.303. The fraction of sp³-hybridized carbons (Fsp3) is 0.200. The number of fused-ring (bicyclic) bond motifs is 1. The number of hydrogen-bond acceptors (Lipinski definition) is 2. The van der Waals surface area contributed by atoms with Crippen molar-refractivity contribution < 1.29 is 8.78 Å². The zero-order valence-corrected chi connectivity index (χ0v) is 11.1. The highest BCUT2D eigenvalue weighted by Gasteiger charge is 2.09. The van der Waals surface area contributed by atoms with Crippen LogP contribution >= 0.6 is 0 Å². The average molecular weight is 273 g/mol. The fourth-order valence-electron chi connectivity index (χ4n) is 2.05. The Balaban J connectivity index is 2.12. The lowest BCUT2D eigenvalue weighted by Crippen LogP contribution is -1.98. The third-order valence-electron chi connectivity index (χ3n) is 3.09. The molecule has 0 unspecified atom stereocenters. The molecule has 0 saturated carbocycles. The maximum atomic E-state index is 13.2. The first-order valence-electron chi connectivity index (χ1n) is 6.36. The van der Waals surface area contributed by atoms with Crippen LogP contribution in [0.5, 0.6) is 0 Å². The smallest absolute Gasteiger partial charge is 0.154 e. The highest BCUT2D eigenvalue weighted by molar-refractivity contribution is 5.62. The van der Waals surface area contributed by atoms with Gasteiger partial charge in [-0.15, -0.1) is 0 Å². The highest BCUT2D eigenvalue weighted by atomic mass is 19.1. The maximum Gasteiger partial charge on any atom is 0.154 e. The van der Waals surface area contributed by atoms with Crippen LogP contribution in [0.2, 0.25) is 0 Å². The van der Waals surface area contributed by atoms with Crippen LogP contribution in [0.3, 0.4) is 0 Å². The van der Waals surface area contributed by atoms with Gasteiger partial charge in [-0.3, -0.25) is 0 Å². The van der Waals surface area contributed by atoms with Gasteiger partial charge in [0.05, 0.1) is 17.6 Å². The lowest BCUT2D eigenvalue weighted by atomic mass is 10.1. The molecule has 102 valence electrons. The second-order valence-corrected chi connectivity index (χ2v) is 5.00. The molecule has 20 heavy (non-hydrogen) atoms. The minimum Gasteiger partial charge on any atom is -0.227 e. The van der Waals surface area contributed by atoms with E-state index < -0.39 is 11.6 Å². The predicted octanol–water partition coefficient (Wildman–Crippen LogP) is 3.80. The molecule has 3 rings (SSSR count). The first-order chi connectivity index (χ1) is 9.52. The number of rotatable bonds is 2. The van der Waals surface area contributed by atoms with Crippen molar-refractivity contribution in [3.05, 3.63) is 53.9 Å². The molecular formula is C15H13F2N3. The number of halogens is 2. The Morgan fingerprint density at radius 1 is 1.05 bits per heavy atom. The maximum absolute atomic E-state index is 13.2.